The van der Waals surface area contributed by atoms with Crippen LogP contribution in [0.2, 0.25) is 0 Å². The number of nitrogens with one attached hydrogen (secondary N) is 1. The first-order valence-electron chi connectivity index (χ1n) is 7.03. The molecule has 0 bridgehead atoms. The molecule has 0 amide bonds. The van der Waals surface area contributed by atoms with Crippen molar-refractivity contribution in [2.75, 3.05) is 26.2 Å². The monoisotopic (exact) mass is 242 g/mol. The predicted molar refractivity (Wildman–Crippen MR) is 73.2 cm³/mol. The highest BCUT2D eigenvalue weighted by Gasteiger charge is 2.25. The van der Waals surface area contributed by atoms with Crippen molar-refractivity contribution in [2.45, 2.75) is 59.0 Å². The minimum atomic E-state index is 0.300. The van der Waals surface area contributed by atoms with Crippen molar-refractivity contribution in [3.63, 3.8) is 0 Å². The average Bonchev–Trinajstić information content (AvgIpc) is 2.73. The van der Waals surface area contributed by atoms with Crippen molar-refractivity contribution >= 4 is 0 Å². The van der Waals surface area contributed by atoms with E-state index >= 15 is 0 Å². The van der Waals surface area contributed by atoms with Crippen molar-refractivity contribution < 1.29 is 5.11 Å². The molecule has 1 atom stereocenters. The molecule has 0 aliphatic carbocycles. The van der Waals surface area contributed by atoms with Crippen LogP contribution < -0.4 is 5.32 Å². The van der Waals surface area contributed by atoms with Gasteiger partial charge in [-0.25, -0.2) is 0 Å². The van der Waals surface area contributed by atoms with E-state index in [1.807, 2.05) is 0 Å². The minimum Gasteiger partial charge on any atom is -0.396 e. The van der Waals surface area contributed by atoms with E-state index in [1.165, 1.54) is 19.5 Å². The Hall–Kier alpha value is -0.120. The maximum atomic E-state index is 8.88. The summed E-state index contributed by atoms with van der Waals surface area (Å²) in [6.07, 6.45) is 3.28. The third-order valence-corrected chi connectivity index (χ3v) is 3.83. The first-order chi connectivity index (χ1) is 7.94. The van der Waals surface area contributed by atoms with Gasteiger partial charge < -0.3 is 10.4 Å². The van der Waals surface area contributed by atoms with E-state index in [0.717, 1.165) is 19.4 Å². The third-order valence-electron chi connectivity index (χ3n) is 3.83. The molecule has 0 aromatic heterocycles. The van der Waals surface area contributed by atoms with Gasteiger partial charge in [-0.1, -0.05) is 13.8 Å². The topological polar surface area (TPSA) is 35.5 Å². The van der Waals surface area contributed by atoms with Gasteiger partial charge in [-0.15, -0.1) is 0 Å². The van der Waals surface area contributed by atoms with Crippen LogP contribution in [0.5, 0.6) is 0 Å². The molecule has 1 aliphatic rings. The Kier molecular flexibility index (Phi) is 5.90. The van der Waals surface area contributed by atoms with Crippen LogP contribution in [-0.4, -0.2) is 48.3 Å². The van der Waals surface area contributed by atoms with Crippen LogP contribution in [0.3, 0.4) is 0 Å². The van der Waals surface area contributed by atoms with E-state index in [0.29, 0.717) is 24.1 Å². The number of likely N-dealkylation sites (tertiary alicyclic amines) is 1. The number of hydrogen-bond donors (Lipinski definition) is 2. The van der Waals surface area contributed by atoms with Gasteiger partial charge in [0.1, 0.15) is 0 Å². The second-order valence-corrected chi connectivity index (χ2v) is 6.45. The highest BCUT2D eigenvalue weighted by molar-refractivity contribution is 4.84. The van der Waals surface area contributed by atoms with Crippen LogP contribution >= 0.6 is 0 Å². The fourth-order valence-corrected chi connectivity index (χ4v) is 2.49. The molecule has 0 aromatic rings. The lowest BCUT2D eigenvalue weighted by Gasteiger charge is -2.27. The molecule has 1 unspecified atom stereocenters. The number of nitrogens with zero attached hydrogens (tertiary/aromatic N) is 1. The second-order valence-electron chi connectivity index (χ2n) is 6.45. The van der Waals surface area contributed by atoms with E-state index in [2.05, 4.69) is 37.9 Å². The number of aliphatic hydroxyl groups excluding tert-OH is 1. The molecule has 3 nitrogen and oxygen atoms in total. The van der Waals surface area contributed by atoms with E-state index in [9.17, 15) is 0 Å². The lowest BCUT2D eigenvalue weighted by atomic mass is 9.87. The molecule has 1 heterocycles. The summed E-state index contributed by atoms with van der Waals surface area (Å²) in [4.78, 5) is 2.54. The maximum Gasteiger partial charge on any atom is 0.0431 e. The zero-order valence-corrected chi connectivity index (χ0v) is 12.0. The predicted octanol–water partition coefficient (Wildman–Crippen LogP) is 1.86. The van der Waals surface area contributed by atoms with Gasteiger partial charge in [-0.05, 0) is 45.1 Å². The highest BCUT2D eigenvalue weighted by Crippen LogP contribution is 2.22. The van der Waals surface area contributed by atoms with Gasteiger partial charge in [0.15, 0.2) is 0 Å². The summed E-state index contributed by atoms with van der Waals surface area (Å²) in [6, 6.07) is 1.33. The van der Waals surface area contributed by atoms with Gasteiger partial charge in [0, 0.05) is 31.8 Å². The summed E-state index contributed by atoms with van der Waals surface area (Å²) < 4.78 is 0. The van der Waals surface area contributed by atoms with Gasteiger partial charge in [0.2, 0.25) is 0 Å². The maximum absolute atomic E-state index is 8.88. The largest absolute Gasteiger partial charge is 0.396 e. The number of hydrogen-bond acceptors (Lipinski definition) is 3. The zero-order chi connectivity index (χ0) is 12.9. The molecule has 102 valence electrons. The molecule has 0 saturated carbocycles. The van der Waals surface area contributed by atoms with Gasteiger partial charge in [-0.3, -0.25) is 4.90 Å². The third kappa shape index (κ3) is 5.36. The molecule has 1 fully saturated rings. The van der Waals surface area contributed by atoms with Crippen LogP contribution in [0.1, 0.15) is 47.0 Å². The van der Waals surface area contributed by atoms with Crippen molar-refractivity contribution in [2.24, 2.45) is 5.41 Å². The zero-order valence-electron chi connectivity index (χ0n) is 12.0. The second kappa shape index (κ2) is 6.72. The Bertz CT molecular complexity index is 216. The Morgan fingerprint density at radius 2 is 2.12 bits per heavy atom. The van der Waals surface area contributed by atoms with Crippen LogP contribution in [0.4, 0.5) is 0 Å². The summed E-state index contributed by atoms with van der Waals surface area (Å²) >= 11 is 0. The fourth-order valence-electron chi connectivity index (χ4n) is 2.49. The lowest BCUT2D eigenvalue weighted by molar-refractivity contribution is 0.228. The molecule has 1 saturated heterocycles. The van der Waals surface area contributed by atoms with E-state index in [1.54, 1.807) is 0 Å². The Morgan fingerprint density at radius 3 is 2.65 bits per heavy atom. The molecule has 17 heavy (non-hydrogen) atoms. The van der Waals surface area contributed by atoms with Crippen molar-refractivity contribution in [3.05, 3.63) is 0 Å². The molecule has 0 radical (unpaired) electrons. The lowest BCUT2D eigenvalue weighted by Crippen LogP contribution is -2.39. The van der Waals surface area contributed by atoms with Crippen LogP contribution in [0.15, 0.2) is 0 Å². The molecular formula is C14H30N2O. The van der Waals surface area contributed by atoms with Gasteiger partial charge in [-0.2, -0.15) is 0 Å². The highest BCUT2D eigenvalue weighted by atomic mass is 16.2. The fraction of sp³-hybridized carbons (Fsp3) is 1.00. The van der Waals surface area contributed by atoms with Gasteiger partial charge in [0.05, 0.1) is 0 Å². The quantitative estimate of drug-likeness (QED) is 0.715. The molecule has 1 rings (SSSR count). The molecule has 0 aromatic carbocycles. The first-order valence-corrected chi connectivity index (χ1v) is 7.03. The van der Waals surface area contributed by atoms with Crippen molar-refractivity contribution in [1.82, 2.24) is 10.2 Å². The summed E-state index contributed by atoms with van der Waals surface area (Å²) in [7, 11) is 0. The number of aliphatic hydroxyl groups is 1. The van der Waals surface area contributed by atoms with Crippen LogP contribution in [-0.2, 0) is 0 Å². The molecule has 0 spiro atoms. The Morgan fingerprint density at radius 1 is 1.41 bits per heavy atom. The molecule has 2 N–H and O–H groups in total. The van der Waals surface area contributed by atoms with Crippen LogP contribution in [0, 0.1) is 5.41 Å². The summed E-state index contributed by atoms with van der Waals surface area (Å²) in [5, 5.41) is 12.6. The summed E-state index contributed by atoms with van der Waals surface area (Å²) in [5.74, 6) is 0. The van der Waals surface area contributed by atoms with Crippen molar-refractivity contribution in [3.8, 4) is 0 Å². The summed E-state index contributed by atoms with van der Waals surface area (Å²) in [6.45, 7) is 12.9. The molecule has 3 heteroatoms. The van der Waals surface area contributed by atoms with E-state index < -0.39 is 0 Å². The first kappa shape index (κ1) is 14.9. The molecular weight excluding hydrogens is 212 g/mol. The number of rotatable bonds is 7. The smallest absolute Gasteiger partial charge is 0.0431 e. The molecule has 1 aliphatic heterocycles. The summed E-state index contributed by atoms with van der Waals surface area (Å²) in [5.41, 5.74) is 0.300. The van der Waals surface area contributed by atoms with Gasteiger partial charge in [0.25, 0.3) is 0 Å². The van der Waals surface area contributed by atoms with Gasteiger partial charge >= 0.3 is 0 Å². The van der Waals surface area contributed by atoms with Crippen LogP contribution in [0.25, 0.3) is 0 Å². The minimum absolute atomic E-state index is 0.300. The Balaban J connectivity index is 2.22. The van der Waals surface area contributed by atoms with E-state index in [-0.39, 0.29) is 0 Å². The Labute approximate surface area is 107 Å². The standard InChI is InChI=1S/C14H30N2O/c1-12(2)16-8-6-13(10-16)15-11-14(3,4)7-5-9-17/h12-13,15,17H,5-11H2,1-4H3. The normalized spacial score (nSPS) is 22.6. The van der Waals surface area contributed by atoms with E-state index in [4.69, 9.17) is 5.11 Å². The SMILES string of the molecule is CC(C)N1CCC(NCC(C)(C)CCCO)C1. The average molecular weight is 242 g/mol. The van der Waals surface area contributed by atoms with Crippen molar-refractivity contribution in [1.29, 1.82) is 0 Å².